The fourth-order valence-electron chi connectivity index (χ4n) is 2.16. The molecule has 0 radical (unpaired) electrons. The molecule has 2 atom stereocenters. The third-order valence-corrected chi connectivity index (χ3v) is 5.15. The molecule has 5 nitrogen and oxygen atoms in total. The van der Waals surface area contributed by atoms with Gasteiger partial charge in [0.05, 0.1) is 5.69 Å². The van der Waals surface area contributed by atoms with Crippen molar-refractivity contribution in [2.75, 3.05) is 12.4 Å². The summed E-state index contributed by atoms with van der Waals surface area (Å²) in [4.78, 5) is 12.1. The van der Waals surface area contributed by atoms with Crippen molar-refractivity contribution in [1.29, 1.82) is 0 Å². The summed E-state index contributed by atoms with van der Waals surface area (Å²) in [5, 5.41) is 2.80. The largest absolute Gasteiger partial charge is 0.387 e. The molecule has 1 aliphatic rings. The van der Waals surface area contributed by atoms with Gasteiger partial charge in [-0.3, -0.25) is 4.79 Å². The summed E-state index contributed by atoms with van der Waals surface area (Å²) < 4.78 is 26.7. The highest BCUT2D eigenvalue weighted by Crippen LogP contribution is 2.53. The molecule has 1 aromatic rings. The Bertz CT molecular complexity index is 654. The average molecular weight is 294 g/mol. The Kier molecular flexibility index (Phi) is 3.60. The van der Waals surface area contributed by atoms with Gasteiger partial charge >= 0.3 is 0 Å². The summed E-state index contributed by atoms with van der Waals surface area (Å²) in [7, 11) is -2.23. The Balaban J connectivity index is 2.20. The third-order valence-electron chi connectivity index (χ3n) is 3.74. The van der Waals surface area contributed by atoms with Gasteiger partial charge in [0.25, 0.3) is 10.0 Å². The van der Waals surface area contributed by atoms with E-state index < -0.39 is 15.9 Å². The third kappa shape index (κ3) is 2.56. The van der Waals surface area contributed by atoms with Crippen molar-refractivity contribution in [3.8, 4) is 0 Å². The molecule has 2 rings (SSSR count). The van der Waals surface area contributed by atoms with E-state index in [1.807, 2.05) is 6.92 Å². The summed E-state index contributed by atoms with van der Waals surface area (Å²) in [5.74, 6) is -0.796. The van der Waals surface area contributed by atoms with Gasteiger partial charge in [0.1, 0.15) is 4.90 Å². The molecular weight excluding hydrogens is 276 g/mol. The van der Waals surface area contributed by atoms with Crippen molar-refractivity contribution >= 4 is 21.6 Å². The van der Waals surface area contributed by atoms with Gasteiger partial charge in [-0.2, -0.15) is 0 Å². The molecule has 0 saturated heterocycles. The normalized spacial score (nSPS) is 24.8. The molecule has 1 fully saturated rings. The van der Waals surface area contributed by atoms with E-state index in [1.165, 1.54) is 6.07 Å². The summed E-state index contributed by atoms with van der Waals surface area (Å²) in [6.45, 7) is 5.56. The van der Waals surface area contributed by atoms with Gasteiger partial charge in [0.15, 0.2) is 0 Å². The molecule has 2 N–H and O–H groups in total. The van der Waals surface area contributed by atoms with Gasteiger partial charge in [-0.05, 0) is 24.0 Å². The van der Waals surface area contributed by atoms with E-state index >= 15 is 0 Å². The highest BCUT2D eigenvalue weighted by Gasteiger charge is 2.53. The maximum atomic E-state index is 12.3. The number of hydrogen-bond donors (Lipinski definition) is 2. The van der Waals surface area contributed by atoms with Gasteiger partial charge in [0.2, 0.25) is 5.91 Å². The molecule has 0 heterocycles. The molecule has 108 valence electrons. The van der Waals surface area contributed by atoms with E-state index in [0.29, 0.717) is 12.1 Å². The highest BCUT2D eigenvalue weighted by molar-refractivity contribution is 7.90. The number of hydrogen-bond acceptors (Lipinski definition) is 4. The fourth-order valence-corrected chi connectivity index (χ4v) is 3.40. The van der Waals surface area contributed by atoms with Crippen LogP contribution >= 0.6 is 0 Å². The van der Waals surface area contributed by atoms with Crippen LogP contribution in [0.1, 0.15) is 13.3 Å². The lowest BCUT2D eigenvalue weighted by Crippen LogP contribution is -2.33. The number of sulfonamides is 1. The van der Waals surface area contributed by atoms with Crippen molar-refractivity contribution in [1.82, 2.24) is 4.72 Å². The Labute approximate surface area is 119 Å². The Morgan fingerprint density at radius 3 is 2.65 bits per heavy atom. The van der Waals surface area contributed by atoms with Crippen LogP contribution in [0.2, 0.25) is 0 Å². The highest BCUT2D eigenvalue weighted by atomic mass is 32.2. The molecule has 6 heteroatoms. The second-order valence-electron chi connectivity index (χ2n) is 5.18. The number of para-hydroxylation sites is 1. The smallest absolute Gasteiger partial charge is 0.266 e. The molecule has 0 spiro atoms. The van der Waals surface area contributed by atoms with Crippen LogP contribution in [-0.2, 0) is 14.8 Å². The molecule has 1 aromatic carbocycles. The van der Waals surface area contributed by atoms with Crippen LogP contribution in [0.25, 0.3) is 0 Å². The number of allylic oxidation sites excluding steroid dienone is 1. The average Bonchev–Trinajstić information content (AvgIpc) is 3.11. The quantitative estimate of drug-likeness (QED) is 0.811. The second-order valence-corrected chi connectivity index (χ2v) is 6.83. The van der Waals surface area contributed by atoms with Crippen LogP contribution in [0.5, 0.6) is 0 Å². The van der Waals surface area contributed by atoms with E-state index in [9.17, 15) is 13.2 Å². The topological polar surface area (TPSA) is 75.3 Å². The Morgan fingerprint density at radius 1 is 1.45 bits per heavy atom. The van der Waals surface area contributed by atoms with Crippen LogP contribution in [-0.4, -0.2) is 21.4 Å². The minimum Gasteiger partial charge on any atom is -0.387 e. The van der Waals surface area contributed by atoms with E-state index in [-0.39, 0.29) is 16.2 Å². The van der Waals surface area contributed by atoms with Crippen LogP contribution < -0.4 is 10.0 Å². The summed E-state index contributed by atoms with van der Waals surface area (Å²) in [6, 6.07) is 6.44. The van der Waals surface area contributed by atoms with Crippen molar-refractivity contribution in [2.45, 2.75) is 18.2 Å². The van der Waals surface area contributed by atoms with Gasteiger partial charge in [-0.15, -0.1) is 6.58 Å². The minimum absolute atomic E-state index is 0.0665. The lowest BCUT2D eigenvalue weighted by atomic mass is 10.1. The first-order valence-corrected chi connectivity index (χ1v) is 7.79. The lowest BCUT2D eigenvalue weighted by Gasteiger charge is -2.11. The molecule has 0 bridgehead atoms. The molecule has 1 aliphatic carbocycles. The molecule has 1 amide bonds. The molecule has 0 aliphatic heterocycles. The van der Waals surface area contributed by atoms with Gasteiger partial charge < -0.3 is 5.32 Å². The first-order chi connectivity index (χ1) is 9.34. The molecule has 1 saturated carbocycles. The number of amides is 1. The fraction of sp³-hybridized carbons (Fsp3) is 0.357. The van der Waals surface area contributed by atoms with E-state index in [2.05, 4.69) is 16.6 Å². The van der Waals surface area contributed by atoms with Crippen molar-refractivity contribution < 1.29 is 13.2 Å². The number of carbonyl (C=O) groups excluding carboxylic acids is 1. The Hall–Kier alpha value is -1.82. The second kappa shape index (κ2) is 4.94. The van der Waals surface area contributed by atoms with E-state index in [0.717, 1.165) is 0 Å². The van der Waals surface area contributed by atoms with E-state index in [1.54, 1.807) is 31.3 Å². The molecule has 1 unspecified atom stereocenters. The Morgan fingerprint density at radius 2 is 2.10 bits per heavy atom. The van der Waals surface area contributed by atoms with Crippen LogP contribution in [0.15, 0.2) is 41.8 Å². The zero-order chi connectivity index (χ0) is 15.0. The molecule has 20 heavy (non-hydrogen) atoms. The van der Waals surface area contributed by atoms with Gasteiger partial charge in [0, 0.05) is 13.0 Å². The number of carbonyl (C=O) groups is 1. The van der Waals surface area contributed by atoms with Crippen LogP contribution in [0.4, 0.5) is 5.69 Å². The van der Waals surface area contributed by atoms with Crippen molar-refractivity contribution in [3.63, 3.8) is 0 Å². The molecular formula is C14H18N2O3S. The maximum Gasteiger partial charge on any atom is 0.266 e. The summed E-state index contributed by atoms with van der Waals surface area (Å²) in [6.07, 6.45) is 2.33. The zero-order valence-electron chi connectivity index (χ0n) is 11.5. The number of nitrogens with one attached hydrogen (secondary N) is 2. The number of anilines is 1. The van der Waals surface area contributed by atoms with Gasteiger partial charge in [-0.25, -0.2) is 13.1 Å². The van der Waals surface area contributed by atoms with Crippen molar-refractivity contribution in [2.24, 2.45) is 11.3 Å². The monoisotopic (exact) mass is 294 g/mol. The summed E-state index contributed by atoms with van der Waals surface area (Å²) in [5.41, 5.74) is 0.164. The van der Waals surface area contributed by atoms with Gasteiger partial charge in [-0.1, -0.05) is 25.1 Å². The number of rotatable bonds is 5. The van der Waals surface area contributed by atoms with Crippen LogP contribution in [0, 0.1) is 11.3 Å². The molecule has 0 aromatic heterocycles. The van der Waals surface area contributed by atoms with E-state index in [4.69, 9.17) is 0 Å². The predicted octanol–water partition coefficient (Wildman–Crippen LogP) is 1.75. The maximum absolute atomic E-state index is 12.3. The first kappa shape index (κ1) is 14.6. The number of benzene rings is 1. The van der Waals surface area contributed by atoms with Crippen molar-refractivity contribution in [3.05, 3.63) is 36.9 Å². The minimum atomic E-state index is -3.86. The first-order valence-electron chi connectivity index (χ1n) is 6.31. The lowest BCUT2D eigenvalue weighted by molar-refractivity contribution is -0.121. The standard InChI is InChI=1S/C14H18N2O3S/c1-4-14(2)9-10(14)13(17)16-20(18,19)12-8-6-5-7-11(12)15-3/h4-8,10,15H,1,9H2,2-3H3,(H,16,17)/t10-,14?/m1/s1. The SMILES string of the molecule is C=CC1(C)C[C@@H]1C(=O)NS(=O)(=O)c1ccccc1NC. The predicted molar refractivity (Wildman–Crippen MR) is 77.7 cm³/mol. The van der Waals surface area contributed by atoms with Crippen LogP contribution in [0.3, 0.4) is 0 Å². The summed E-state index contributed by atoms with van der Waals surface area (Å²) >= 11 is 0. The zero-order valence-corrected chi connectivity index (χ0v) is 12.3.